The molecule has 1 aliphatic heterocycles. The first-order valence-corrected chi connectivity index (χ1v) is 24.5. The molecular weight excluding hydrogens is 1010 g/mol. The lowest BCUT2D eigenvalue weighted by Crippen LogP contribution is -2.61. The van der Waals surface area contributed by atoms with E-state index in [0.29, 0.717) is 24.0 Å². The number of aliphatic carboxylic acids is 1. The minimum absolute atomic E-state index is 0.00927. The van der Waals surface area contributed by atoms with Gasteiger partial charge in [-0.05, 0) is 87.4 Å². The number of primary amides is 3. The van der Waals surface area contributed by atoms with Crippen molar-refractivity contribution in [3.63, 3.8) is 0 Å². The Balaban J connectivity index is 1.79. The number of rotatable bonds is 32. The maximum absolute atomic E-state index is 14.1. The highest BCUT2D eigenvalue weighted by atomic mass is 16.4. The van der Waals surface area contributed by atoms with E-state index in [2.05, 4.69) is 37.2 Å². The number of amides is 11. The summed E-state index contributed by atoms with van der Waals surface area (Å²) in [6, 6.07) is -2.76. The van der Waals surface area contributed by atoms with Crippen LogP contribution in [-0.2, 0) is 70.4 Å². The van der Waals surface area contributed by atoms with Gasteiger partial charge in [-0.25, -0.2) is 4.79 Å². The summed E-state index contributed by atoms with van der Waals surface area (Å²) in [5.41, 5.74) is 28.1. The van der Waals surface area contributed by atoms with Crippen molar-refractivity contribution in [1.29, 1.82) is 0 Å². The number of carbonyl (C=O) groups excluding carboxylic acids is 11. The molecule has 77 heavy (non-hydrogen) atoms. The topological polar surface area (TPSA) is 503 Å². The van der Waals surface area contributed by atoms with Gasteiger partial charge in [-0.3, -0.25) is 52.7 Å². The molecule has 0 saturated carbocycles. The Bertz CT molecular complexity index is 2440. The number of hydrogen-bond acceptors (Lipinski definition) is 17. The lowest BCUT2D eigenvalue weighted by atomic mass is 10.0. The van der Waals surface area contributed by atoms with Crippen LogP contribution in [0.15, 0.2) is 48.5 Å². The first-order valence-electron chi connectivity index (χ1n) is 24.5. The van der Waals surface area contributed by atoms with E-state index in [4.69, 9.17) is 28.7 Å². The Labute approximate surface area is 441 Å². The Morgan fingerprint density at radius 1 is 0.584 bits per heavy atom. The number of carboxylic acids is 1. The van der Waals surface area contributed by atoms with Crippen LogP contribution >= 0.6 is 0 Å². The summed E-state index contributed by atoms with van der Waals surface area (Å²) in [6.45, 7) is 0.371. The fourth-order valence-corrected chi connectivity index (χ4v) is 7.91. The Morgan fingerprint density at radius 2 is 1.04 bits per heavy atom. The van der Waals surface area contributed by atoms with Crippen LogP contribution in [-0.4, -0.2) is 170 Å². The number of aliphatic hydroxyl groups is 1. The van der Waals surface area contributed by atoms with Gasteiger partial charge in [0.2, 0.25) is 65.0 Å². The molecular formula is C48H69N13O16. The third-order valence-electron chi connectivity index (χ3n) is 12.1. The average molecular weight is 1080 g/mol. The predicted octanol–water partition coefficient (Wildman–Crippen LogP) is -6.16. The van der Waals surface area contributed by atoms with Crippen LogP contribution in [0.2, 0.25) is 0 Å². The van der Waals surface area contributed by atoms with Gasteiger partial charge in [-0.15, -0.1) is 0 Å². The zero-order valence-electron chi connectivity index (χ0n) is 42.2. The summed E-state index contributed by atoms with van der Waals surface area (Å²) in [4.78, 5) is 157. The molecule has 21 N–H and O–H groups in total. The van der Waals surface area contributed by atoms with Crippen LogP contribution < -0.4 is 65.9 Å². The molecule has 0 unspecified atom stereocenters. The van der Waals surface area contributed by atoms with Crippen molar-refractivity contribution >= 4 is 70.9 Å². The van der Waals surface area contributed by atoms with Crippen LogP contribution in [0.3, 0.4) is 0 Å². The predicted molar refractivity (Wildman–Crippen MR) is 269 cm³/mol. The van der Waals surface area contributed by atoms with Gasteiger partial charge in [0.1, 0.15) is 59.8 Å². The molecule has 0 aliphatic carbocycles. The van der Waals surface area contributed by atoms with E-state index >= 15 is 0 Å². The van der Waals surface area contributed by atoms with E-state index in [0.717, 1.165) is 4.90 Å². The van der Waals surface area contributed by atoms with Gasteiger partial charge in [0.05, 0.1) is 25.5 Å². The molecule has 0 radical (unpaired) electrons. The second-order valence-corrected chi connectivity index (χ2v) is 18.3. The molecule has 3 rings (SSSR count). The smallest absolute Gasteiger partial charge is 0.326 e. The number of aromatic hydroxyl groups is 2. The number of nitrogens with zero attached hydrogens (tertiary/aromatic N) is 1. The number of aliphatic hydroxyl groups excluding tert-OH is 1. The number of carbonyl (C=O) groups is 12. The van der Waals surface area contributed by atoms with Crippen LogP contribution in [0.4, 0.5) is 0 Å². The zero-order valence-corrected chi connectivity index (χ0v) is 42.2. The molecule has 29 heteroatoms. The summed E-state index contributed by atoms with van der Waals surface area (Å²) >= 11 is 0. The van der Waals surface area contributed by atoms with Crippen molar-refractivity contribution in [2.45, 2.75) is 132 Å². The van der Waals surface area contributed by atoms with Crippen molar-refractivity contribution in [2.24, 2.45) is 28.7 Å². The van der Waals surface area contributed by atoms with Crippen molar-refractivity contribution in [2.75, 3.05) is 19.7 Å². The van der Waals surface area contributed by atoms with E-state index in [-0.39, 0.29) is 69.5 Å². The molecule has 1 saturated heterocycles. The summed E-state index contributed by atoms with van der Waals surface area (Å²) in [6.07, 6.45) is -1.40. The normalized spacial score (nSPS) is 16.1. The fraction of sp³-hybridized carbons (Fsp3) is 0.500. The molecule has 0 aromatic heterocycles. The van der Waals surface area contributed by atoms with E-state index in [9.17, 15) is 78.0 Å². The quantitative estimate of drug-likeness (QED) is 0.0303. The number of carboxylic acid groups (broad SMARTS) is 1. The van der Waals surface area contributed by atoms with Gasteiger partial charge in [0, 0.05) is 25.8 Å². The van der Waals surface area contributed by atoms with Crippen LogP contribution in [0.5, 0.6) is 11.5 Å². The van der Waals surface area contributed by atoms with Gasteiger partial charge in [-0.2, -0.15) is 0 Å². The number of phenolic OH excluding ortho intramolecular Hbond substituents is 2. The van der Waals surface area contributed by atoms with E-state index in [1.165, 1.54) is 55.5 Å². The van der Waals surface area contributed by atoms with E-state index < -0.39 is 145 Å². The summed E-state index contributed by atoms with van der Waals surface area (Å²) in [7, 11) is 0. The third-order valence-corrected chi connectivity index (χ3v) is 12.1. The number of phenols is 2. The second-order valence-electron chi connectivity index (χ2n) is 18.3. The second kappa shape index (κ2) is 30.8. The van der Waals surface area contributed by atoms with Crippen molar-refractivity contribution in [3.05, 3.63) is 59.7 Å². The molecule has 11 amide bonds. The lowest BCUT2D eigenvalue weighted by molar-refractivity contribution is -0.144. The van der Waals surface area contributed by atoms with Crippen LogP contribution in [0.25, 0.3) is 0 Å². The molecule has 2 aromatic rings. The highest BCUT2D eigenvalue weighted by Crippen LogP contribution is 2.20. The molecule has 0 spiro atoms. The van der Waals surface area contributed by atoms with Gasteiger partial charge in [-0.1, -0.05) is 24.3 Å². The van der Waals surface area contributed by atoms with Crippen molar-refractivity contribution in [3.8, 4) is 11.5 Å². The molecule has 1 fully saturated rings. The first-order chi connectivity index (χ1) is 36.3. The highest BCUT2D eigenvalue weighted by molar-refractivity contribution is 5.99. The number of unbranched alkanes of at least 4 members (excludes halogenated alkanes) is 1. The summed E-state index contributed by atoms with van der Waals surface area (Å²) < 4.78 is 0. The molecule has 1 heterocycles. The Hall–Kier alpha value is -8.44. The van der Waals surface area contributed by atoms with E-state index in [1.807, 2.05) is 0 Å². The summed E-state index contributed by atoms with van der Waals surface area (Å²) in [5, 5.41) is 56.0. The maximum Gasteiger partial charge on any atom is 0.326 e. The lowest BCUT2D eigenvalue weighted by Gasteiger charge is -2.29. The highest BCUT2D eigenvalue weighted by Gasteiger charge is 2.40. The van der Waals surface area contributed by atoms with Gasteiger partial charge < -0.3 is 91.2 Å². The first kappa shape index (κ1) is 62.9. The van der Waals surface area contributed by atoms with Gasteiger partial charge >= 0.3 is 5.97 Å². The number of benzene rings is 2. The SMILES string of the molecule is C[C@H](NC(=O)[C@H](CO)NC(=O)[C@H](CC(N)=O)NC(=O)[C@H](Cc1ccc(O)cc1)NC(=O)[C@H](CCCCN)NC(=O)[C@@H](N)CCC(N)=O)C(=O)N1CCC[C@H]1C(=O)N[C@@H](Cc1ccc(O)cc1)C(=O)N[C@@H](CC(N)=O)C(=O)O. The Kier molecular flexibility index (Phi) is 25.2. The van der Waals surface area contributed by atoms with Crippen LogP contribution in [0, 0.1) is 0 Å². The number of nitrogens with two attached hydrogens (primary N) is 5. The van der Waals surface area contributed by atoms with Gasteiger partial charge in [0.15, 0.2) is 0 Å². The van der Waals surface area contributed by atoms with Crippen molar-refractivity contribution in [1.82, 2.24) is 42.1 Å². The molecule has 1 aliphatic rings. The summed E-state index contributed by atoms with van der Waals surface area (Å²) in [5.74, 6) is -12.5. The minimum atomic E-state index is -1.86. The minimum Gasteiger partial charge on any atom is -0.508 e. The molecule has 29 nitrogen and oxygen atoms in total. The molecule has 422 valence electrons. The number of hydrogen-bond donors (Lipinski definition) is 16. The van der Waals surface area contributed by atoms with Crippen molar-refractivity contribution < 1.29 is 78.0 Å². The monoisotopic (exact) mass is 1080 g/mol. The van der Waals surface area contributed by atoms with Crippen LogP contribution in [0.1, 0.15) is 75.8 Å². The van der Waals surface area contributed by atoms with E-state index in [1.54, 1.807) is 0 Å². The average Bonchev–Trinajstić information content (AvgIpc) is 3.87. The standard InChI is InChI=1S/C48H69N13O16/c1-24(47(75)61-18-4-6-36(61)46(74)58-32(20-26-9-13-28(64)14-10-26)43(71)59-34(48(76)77)22-39(53)67)54-45(73)35(23-62)60-44(72)33(21-38(52)66)57-42(70)31(19-25-7-11-27(63)12-8-25)56-41(69)30(5-2-3-17-49)55-40(68)29(50)15-16-37(51)65/h7-14,24,29-36,62-64H,2-6,15-23,49-50H2,1H3,(H2,51,65)(H2,52,66)(H2,53,67)(H,54,73)(H,55,68)(H,56,69)(H,57,70)(H,58,74)(H,59,71)(H,60,72)(H,76,77)/t24-,29-,30-,31-,32-,33-,34-,35-,36-/m0/s1. The third kappa shape index (κ3) is 21.0. The maximum atomic E-state index is 14.1. The zero-order chi connectivity index (χ0) is 57.5. The number of likely N-dealkylation sites (tertiary alicyclic amines) is 1. The molecule has 2 aromatic carbocycles. The largest absolute Gasteiger partial charge is 0.508 e. The molecule has 0 bridgehead atoms. The Morgan fingerprint density at radius 3 is 1.55 bits per heavy atom. The number of nitrogens with one attached hydrogen (secondary N) is 7. The van der Waals surface area contributed by atoms with Gasteiger partial charge in [0.25, 0.3) is 0 Å². The molecule has 9 atom stereocenters. The fourth-order valence-electron chi connectivity index (χ4n) is 7.91.